The van der Waals surface area contributed by atoms with Crippen molar-refractivity contribution < 1.29 is 4.79 Å². The first-order valence-corrected chi connectivity index (χ1v) is 7.19. The highest BCUT2D eigenvalue weighted by Gasteiger charge is 2.24. The molecule has 3 nitrogen and oxygen atoms in total. The van der Waals surface area contributed by atoms with Crippen molar-refractivity contribution in [3.05, 3.63) is 35.4 Å². The molecule has 2 rings (SSSR count). The summed E-state index contributed by atoms with van der Waals surface area (Å²) in [6.07, 6.45) is 2.29. The second-order valence-corrected chi connectivity index (χ2v) is 5.55. The Balaban J connectivity index is 1.92. The molecular weight excluding hydrogens is 236 g/mol. The average Bonchev–Trinajstić information content (AvgIpc) is 2.92. The number of carbonyl (C=O) groups is 1. The van der Waals surface area contributed by atoms with Gasteiger partial charge in [0.25, 0.3) is 0 Å². The van der Waals surface area contributed by atoms with Crippen LogP contribution in [0.1, 0.15) is 43.9 Å². The van der Waals surface area contributed by atoms with Crippen LogP contribution in [0.15, 0.2) is 24.3 Å². The SMILES string of the molecule is Cc1ccc(C(C)NC(C)C(=O)N2CCCC2)cc1. The Kier molecular flexibility index (Phi) is 4.59. The van der Waals surface area contributed by atoms with E-state index >= 15 is 0 Å². The number of likely N-dealkylation sites (tertiary alicyclic amines) is 1. The number of rotatable bonds is 4. The molecule has 0 aromatic heterocycles. The summed E-state index contributed by atoms with van der Waals surface area (Å²) >= 11 is 0. The van der Waals surface area contributed by atoms with E-state index in [-0.39, 0.29) is 18.0 Å². The Labute approximate surface area is 116 Å². The number of nitrogens with zero attached hydrogens (tertiary/aromatic N) is 1. The molecule has 104 valence electrons. The normalized spacial score (nSPS) is 18.4. The van der Waals surface area contributed by atoms with Crippen LogP contribution in [0.5, 0.6) is 0 Å². The number of hydrogen-bond donors (Lipinski definition) is 1. The van der Waals surface area contributed by atoms with Crippen molar-refractivity contribution >= 4 is 5.91 Å². The lowest BCUT2D eigenvalue weighted by atomic mass is 10.1. The zero-order valence-corrected chi connectivity index (χ0v) is 12.1. The number of benzene rings is 1. The molecule has 0 radical (unpaired) electrons. The molecule has 1 aromatic carbocycles. The smallest absolute Gasteiger partial charge is 0.239 e. The van der Waals surface area contributed by atoms with Gasteiger partial charge in [-0.05, 0) is 39.2 Å². The second-order valence-electron chi connectivity index (χ2n) is 5.55. The van der Waals surface area contributed by atoms with Crippen LogP contribution in [0.4, 0.5) is 0 Å². The molecule has 1 amide bonds. The van der Waals surface area contributed by atoms with Gasteiger partial charge in [0.1, 0.15) is 0 Å². The maximum atomic E-state index is 12.2. The molecular formula is C16H24N2O. The Morgan fingerprint density at radius 2 is 1.74 bits per heavy atom. The topological polar surface area (TPSA) is 32.3 Å². The molecule has 2 atom stereocenters. The summed E-state index contributed by atoms with van der Waals surface area (Å²) in [5, 5.41) is 3.40. The maximum Gasteiger partial charge on any atom is 0.239 e. The molecule has 1 aromatic rings. The molecule has 0 spiro atoms. The minimum atomic E-state index is -0.116. The van der Waals surface area contributed by atoms with E-state index < -0.39 is 0 Å². The standard InChI is InChI=1S/C16H24N2O/c1-12-6-8-15(9-7-12)13(2)17-14(3)16(19)18-10-4-5-11-18/h6-9,13-14,17H,4-5,10-11H2,1-3H3. The zero-order chi connectivity index (χ0) is 13.8. The molecule has 1 heterocycles. The van der Waals surface area contributed by atoms with E-state index in [0.717, 1.165) is 25.9 Å². The van der Waals surface area contributed by atoms with Crippen LogP contribution >= 0.6 is 0 Å². The molecule has 0 bridgehead atoms. The van der Waals surface area contributed by atoms with Crippen LogP contribution in [0.3, 0.4) is 0 Å². The first kappa shape index (κ1) is 14.1. The van der Waals surface area contributed by atoms with Gasteiger partial charge in [-0.15, -0.1) is 0 Å². The van der Waals surface area contributed by atoms with E-state index in [9.17, 15) is 4.79 Å². The first-order chi connectivity index (χ1) is 9.08. The molecule has 1 N–H and O–H groups in total. The number of hydrogen-bond acceptors (Lipinski definition) is 2. The molecule has 0 saturated carbocycles. The summed E-state index contributed by atoms with van der Waals surface area (Å²) in [4.78, 5) is 14.2. The summed E-state index contributed by atoms with van der Waals surface area (Å²) in [6, 6.07) is 8.55. The molecule has 1 aliphatic heterocycles. The first-order valence-electron chi connectivity index (χ1n) is 7.19. The number of amides is 1. The van der Waals surface area contributed by atoms with Gasteiger partial charge in [0.2, 0.25) is 5.91 Å². The summed E-state index contributed by atoms with van der Waals surface area (Å²) in [7, 11) is 0. The van der Waals surface area contributed by atoms with Crippen LogP contribution in [0.25, 0.3) is 0 Å². The lowest BCUT2D eigenvalue weighted by Crippen LogP contribution is -2.44. The van der Waals surface area contributed by atoms with Gasteiger partial charge in [0, 0.05) is 19.1 Å². The number of aryl methyl sites for hydroxylation is 1. The monoisotopic (exact) mass is 260 g/mol. The average molecular weight is 260 g/mol. The second kappa shape index (κ2) is 6.20. The van der Waals surface area contributed by atoms with Crippen molar-refractivity contribution in [3.63, 3.8) is 0 Å². The largest absolute Gasteiger partial charge is 0.341 e. The van der Waals surface area contributed by atoms with Gasteiger partial charge in [0.15, 0.2) is 0 Å². The molecule has 3 heteroatoms. The van der Waals surface area contributed by atoms with Crippen molar-refractivity contribution in [2.24, 2.45) is 0 Å². The molecule has 0 aliphatic carbocycles. The Morgan fingerprint density at radius 3 is 2.32 bits per heavy atom. The van der Waals surface area contributed by atoms with Gasteiger partial charge in [-0.1, -0.05) is 29.8 Å². The lowest BCUT2D eigenvalue weighted by molar-refractivity contribution is -0.132. The third-order valence-corrected chi connectivity index (χ3v) is 3.87. The number of carbonyl (C=O) groups excluding carboxylic acids is 1. The van der Waals surface area contributed by atoms with Crippen LogP contribution in [0, 0.1) is 6.92 Å². The van der Waals surface area contributed by atoms with Crippen LogP contribution in [-0.2, 0) is 4.79 Å². The fourth-order valence-electron chi connectivity index (χ4n) is 2.61. The molecule has 1 aliphatic rings. The van der Waals surface area contributed by atoms with Gasteiger partial charge >= 0.3 is 0 Å². The Morgan fingerprint density at radius 1 is 1.16 bits per heavy atom. The van der Waals surface area contributed by atoms with E-state index in [1.54, 1.807) is 0 Å². The van der Waals surface area contributed by atoms with Gasteiger partial charge in [0.05, 0.1) is 6.04 Å². The van der Waals surface area contributed by atoms with Crippen molar-refractivity contribution in [2.75, 3.05) is 13.1 Å². The quantitative estimate of drug-likeness (QED) is 0.902. The summed E-state index contributed by atoms with van der Waals surface area (Å²) < 4.78 is 0. The van der Waals surface area contributed by atoms with Crippen LogP contribution in [-0.4, -0.2) is 29.9 Å². The molecule has 1 fully saturated rings. The summed E-state index contributed by atoms with van der Waals surface area (Å²) in [5.41, 5.74) is 2.49. The third-order valence-electron chi connectivity index (χ3n) is 3.87. The van der Waals surface area contributed by atoms with Crippen LogP contribution in [0.2, 0.25) is 0 Å². The highest BCUT2D eigenvalue weighted by atomic mass is 16.2. The van der Waals surface area contributed by atoms with Crippen molar-refractivity contribution in [1.29, 1.82) is 0 Å². The molecule has 1 saturated heterocycles. The predicted octanol–water partition coefficient (Wildman–Crippen LogP) is 2.66. The van der Waals surface area contributed by atoms with Gasteiger partial charge < -0.3 is 4.90 Å². The van der Waals surface area contributed by atoms with E-state index in [0.29, 0.717) is 0 Å². The predicted molar refractivity (Wildman–Crippen MR) is 78.0 cm³/mol. The highest BCUT2D eigenvalue weighted by Crippen LogP contribution is 2.15. The summed E-state index contributed by atoms with van der Waals surface area (Å²) in [6.45, 7) is 8.00. The van der Waals surface area contributed by atoms with E-state index in [1.807, 2.05) is 11.8 Å². The fourth-order valence-corrected chi connectivity index (χ4v) is 2.61. The van der Waals surface area contributed by atoms with Crippen molar-refractivity contribution in [3.8, 4) is 0 Å². The van der Waals surface area contributed by atoms with E-state index in [1.165, 1.54) is 11.1 Å². The van der Waals surface area contributed by atoms with Crippen molar-refractivity contribution in [1.82, 2.24) is 10.2 Å². The zero-order valence-electron chi connectivity index (χ0n) is 12.1. The van der Waals surface area contributed by atoms with Gasteiger partial charge in [-0.3, -0.25) is 10.1 Å². The lowest BCUT2D eigenvalue weighted by Gasteiger charge is -2.24. The van der Waals surface area contributed by atoms with E-state index in [2.05, 4.69) is 43.4 Å². The van der Waals surface area contributed by atoms with Crippen molar-refractivity contribution in [2.45, 2.75) is 45.7 Å². The minimum Gasteiger partial charge on any atom is -0.341 e. The van der Waals surface area contributed by atoms with E-state index in [4.69, 9.17) is 0 Å². The van der Waals surface area contributed by atoms with Gasteiger partial charge in [-0.25, -0.2) is 0 Å². The minimum absolute atomic E-state index is 0.116. The maximum absolute atomic E-state index is 12.2. The Bertz CT molecular complexity index is 421. The fraction of sp³-hybridized carbons (Fsp3) is 0.562. The summed E-state index contributed by atoms with van der Waals surface area (Å²) in [5.74, 6) is 0.233. The molecule has 2 unspecified atom stereocenters. The Hall–Kier alpha value is -1.35. The number of nitrogens with one attached hydrogen (secondary N) is 1. The van der Waals surface area contributed by atoms with Crippen LogP contribution < -0.4 is 5.32 Å². The molecule has 19 heavy (non-hydrogen) atoms. The third kappa shape index (κ3) is 3.57. The highest BCUT2D eigenvalue weighted by molar-refractivity contribution is 5.81. The van der Waals surface area contributed by atoms with Gasteiger partial charge in [-0.2, -0.15) is 0 Å².